The summed E-state index contributed by atoms with van der Waals surface area (Å²) >= 11 is 0. The molecule has 0 spiro atoms. The Balaban J connectivity index is 0.00000220. The van der Waals surface area contributed by atoms with Gasteiger partial charge < -0.3 is 14.5 Å². The van der Waals surface area contributed by atoms with Gasteiger partial charge in [0, 0.05) is 12.5 Å². The van der Waals surface area contributed by atoms with E-state index in [1.54, 1.807) is 0 Å². The predicted octanol–water partition coefficient (Wildman–Crippen LogP) is -0.824. The van der Waals surface area contributed by atoms with Crippen LogP contribution in [0.2, 0.25) is 0 Å². The van der Waals surface area contributed by atoms with Gasteiger partial charge in [0.2, 0.25) is 0 Å². The van der Waals surface area contributed by atoms with Crippen molar-refractivity contribution in [3.63, 3.8) is 0 Å². The van der Waals surface area contributed by atoms with Gasteiger partial charge in [-0.3, -0.25) is 0 Å². The SMILES string of the molecule is Cc1nc2cc(C(C)(C)C)ccc2n1CCCC(=O)[O-].[Na+]. The molecule has 2 rings (SSSR count). The van der Waals surface area contributed by atoms with Crippen LogP contribution in [0.15, 0.2) is 18.2 Å². The number of carboxylic acid groups (broad SMARTS) is 1. The third kappa shape index (κ3) is 4.31. The Morgan fingerprint density at radius 1 is 1.33 bits per heavy atom. The zero-order valence-electron chi connectivity index (χ0n) is 13.6. The molecule has 5 heteroatoms. The van der Waals surface area contributed by atoms with Crippen molar-refractivity contribution in [3.8, 4) is 0 Å². The summed E-state index contributed by atoms with van der Waals surface area (Å²) in [6.07, 6.45) is 0.648. The van der Waals surface area contributed by atoms with E-state index >= 15 is 0 Å². The van der Waals surface area contributed by atoms with Gasteiger partial charge in [0.1, 0.15) is 5.82 Å². The Morgan fingerprint density at radius 2 is 2.00 bits per heavy atom. The molecule has 0 N–H and O–H groups in total. The van der Waals surface area contributed by atoms with Crippen LogP contribution in [0.25, 0.3) is 11.0 Å². The summed E-state index contributed by atoms with van der Waals surface area (Å²) in [5.41, 5.74) is 3.39. The average Bonchev–Trinajstić information content (AvgIpc) is 2.63. The second-order valence-electron chi connectivity index (χ2n) is 6.24. The standard InChI is InChI=1S/C16H22N2O2.Na/c1-11-17-13-10-12(16(2,3)4)7-8-14(13)18(11)9-5-6-15(19)20;/h7-8,10H,5-6,9H2,1-4H3,(H,19,20);/q;+1/p-1. The van der Waals surface area contributed by atoms with E-state index in [-0.39, 0.29) is 41.4 Å². The second-order valence-corrected chi connectivity index (χ2v) is 6.24. The fraction of sp³-hybridized carbons (Fsp3) is 0.500. The smallest absolute Gasteiger partial charge is 0.550 e. The number of benzene rings is 1. The molecule has 1 aromatic heterocycles. The first-order chi connectivity index (χ1) is 9.29. The molecule has 0 aliphatic heterocycles. The summed E-state index contributed by atoms with van der Waals surface area (Å²) in [7, 11) is 0. The number of aliphatic carboxylic acids is 1. The van der Waals surface area contributed by atoms with E-state index in [0.717, 1.165) is 16.9 Å². The Labute approximate surface area is 147 Å². The summed E-state index contributed by atoms with van der Waals surface area (Å²) in [6, 6.07) is 6.32. The fourth-order valence-electron chi connectivity index (χ4n) is 2.38. The summed E-state index contributed by atoms with van der Waals surface area (Å²) in [5.74, 6) is -0.0773. The molecular formula is C16H21N2NaO2. The van der Waals surface area contributed by atoms with Crippen LogP contribution in [-0.2, 0) is 16.8 Å². The number of carbonyl (C=O) groups is 1. The first-order valence-corrected chi connectivity index (χ1v) is 6.96. The minimum Gasteiger partial charge on any atom is -0.550 e. The number of nitrogens with zero attached hydrogens (tertiary/aromatic N) is 2. The number of hydrogen-bond acceptors (Lipinski definition) is 3. The summed E-state index contributed by atoms with van der Waals surface area (Å²) in [5, 5.41) is 10.5. The maximum Gasteiger partial charge on any atom is 1.00 e. The van der Waals surface area contributed by atoms with Crippen LogP contribution in [0, 0.1) is 6.92 Å². The van der Waals surface area contributed by atoms with Crippen LogP contribution in [-0.4, -0.2) is 15.5 Å². The largest absolute Gasteiger partial charge is 1.00 e. The van der Waals surface area contributed by atoms with Crippen molar-refractivity contribution >= 4 is 17.0 Å². The Morgan fingerprint density at radius 3 is 2.57 bits per heavy atom. The molecule has 1 heterocycles. The van der Waals surface area contributed by atoms with E-state index in [1.165, 1.54) is 5.56 Å². The number of imidazole rings is 1. The Kier molecular flexibility index (Phi) is 6.02. The van der Waals surface area contributed by atoms with Crippen molar-refractivity contribution in [2.24, 2.45) is 0 Å². The third-order valence-electron chi connectivity index (χ3n) is 3.57. The third-order valence-corrected chi connectivity index (χ3v) is 3.57. The summed E-state index contributed by atoms with van der Waals surface area (Å²) in [6.45, 7) is 9.15. The predicted molar refractivity (Wildman–Crippen MR) is 77.4 cm³/mol. The van der Waals surface area contributed by atoms with Gasteiger partial charge >= 0.3 is 29.6 Å². The van der Waals surface area contributed by atoms with Gasteiger partial charge in [-0.05, 0) is 42.9 Å². The van der Waals surface area contributed by atoms with Crippen LogP contribution >= 0.6 is 0 Å². The molecule has 0 aliphatic carbocycles. The summed E-state index contributed by atoms with van der Waals surface area (Å²) in [4.78, 5) is 15.1. The molecule has 0 saturated heterocycles. The minimum atomic E-state index is -0.998. The van der Waals surface area contributed by atoms with Gasteiger partial charge in [0.05, 0.1) is 11.0 Å². The molecule has 0 radical (unpaired) electrons. The average molecular weight is 296 g/mol. The van der Waals surface area contributed by atoms with Crippen LogP contribution in [0.1, 0.15) is 45.0 Å². The van der Waals surface area contributed by atoms with E-state index in [9.17, 15) is 9.90 Å². The molecule has 0 aliphatic rings. The maximum atomic E-state index is 10.5. The molecule has 108 valence electrons. The number of fused-ring (bicyclic) bond motifs is 1. The quantitative estimate of drug-likeness (QED) is 0.693. The van der Waals surface area contributed by atoms with Crippen LogP contribution in [0.5, 0.6) is 0 Å². The molecule has 0 atom stereocenters. The van der Waals surface area contributed by atoms with Crippen molar-refractivity contribution in [2.75, 3.05) is 0 Å². The fourth-order valence-corrected chi connectivity index (χ4v) is 2.38. The molecule has 0 bridgehead atoms. The second kappa shape index (κ2) is 6.95. The van der Waals surface area contributed by atoms with Crippen molar-refractivity contribution in [1.29, 1.82) is 0 Å². The molecule has 1 aromatic carbocycles. The molecule has 2 aromatic rings. The van der Waals surface area contributed by atoms with E-state index in [0.29, 0.717) is 13.0 Å². The Hall–Kier alpha value is -0.840. The van der Waals surface area contributed by atoms with Crippen LogP contribution in [0.3, 0.4) is 0 Å². The summed E-state index contributed by atoms with van der Waals surface area (Å²) < 4.78 is 2.07. The minimum absolute atomic E-state index is 0. The number of rotatable bonds is 4. The van der Waals surface area contributed by atoms with E-state index < -0.39 is 5.97 Å². The van der Waals surface area contributed by atoms with Gasteiger partial charge in [0.15, 0.2) is 0 Å². The zero-order valence-corrected chi connectivity index (χ0v) is 15.6. The van der Waals surface area contributed by atoms with E-state index in [4.69, 9.17) is 0 Å². The number of carbonyl (C=O) groups excluding carboxylic acids is 1. The van der Waals surface area contributed by atoms with Crippen molar-refractivity contribution in [3.05, 3.63) is 29.6 Å². The molecule has 0 amide bonds. The van der Waals surface area contributed by atoms with Crippen LogP contribution in [0.4, 0.5) is 0 Å². The van der Waals surface area contributed by atoms with Crippen molar-refractivity contribution in [2.45, 2.75) is 52.5 Å². The first kappa shape index (κ1) is 18.2. The number of aromatic nitrogens is 2. The molecule has 0 unspecified atom stereocenters. The first-order valence-electron chi connectivity index (χ1n) is 6.96. The van der Waals surface area contributed by atoms with Crippen molar-refractivity contribution in [1.82, 2.24) is 9.55 Å². The number of aryl methyl sites for hydroxylation is 2. The van der Waals surface area contributed by atoms with Gasteiger partial charge in [-0.1, -0.05) is 26.8 Å². The van der Waals surface area contributed by atoms with Crippen LogP contribution < -0.4 is 34.7 Å². The maximum absolute atomic E-state index is 10.5. The number of carboxylic acids is 1. The monoisotopic (exact) mass is 296 g/mol. The zero-order chi connectivity index (χ0) is 14.9. The van der Waals surface area contributed by atoms with E-state index in [1.807, 2.05) is 6.92 Å². The van der Waals surface area contributed by atoms with Gasteiger partial charge in [-0.2, -0.15) is 0 Å². The van der Waals surface area contributed by atoms with Gasteiger partial charge in [-0.15, -0.1) is 0 Å². The molecule has 21 heavy (non-hydrogen) atoms. The normalized spacial score (nSPS) is 11.4. The molecule has 0 fully saturated rings. The molecular weight excluding hydrogens is 275 g/mol. The number of hydrogen-bond donors (Lipinski definition) is 0. The molecule has 4 nitrogen and oxygen atoms in total. The van der Waals surface area contributed by atoms with Crippen molar-refractivity contribution < 1.29 is 39.5 Å². The molecule has 0 saturated carbocycles. The van der Waals surface area contributed by atoms with Gasteiger partial charge in [0.25, 0.3) is 0 Å². The topological polar surface area (TPSA) is 58.0 Å². The Bertz CT molecular complexity index is 641. The van der Waals surface area contributed by atoms with Gasteiger partial charge in [-0.25, -0.2) is 4.98 Å². The van der Waals surface area contributed by atoms with E-state index in [2.05, 4.69) is 48.5 Å².